The van der Waals surface area contributed by atoms with Gasteiger partial charge >= 0.3 is 5.97 Å². The summed E-state index contributed by atoms with van der Waals surface area (Å²) in [6.45, 7) is 3.26. The third-order valence-electron chi connectivity index (χ3n) is 4.97. The SMILES string of the molecule is CCN(CC)S(=O)(=O)c1cc(C(=O)OCC(=O)N(C)C2CCS(=O)(=O)C2)ccc1Cl. The number of hydrogen-bond acceptors (Lipinski definition) is 7. The van der Waals surface area contributed by atoms with Gasteiger partial charge in [0.15, 0.2) is 16.4 Å². The molecule has 0 bridgehead atoms. The van der Waals surface area contributed by atoms with Crippen molar-refractivity contribution in [3.8, 4) is 0 Å². The van der Waals surface area contributed by atoms with Crippen molar-refractivity contribution in [2.24, 2.45) is 0 Å². The molecule has 9 nitrogen and oxygen atoms in total. The van der Waals surface area contributed by atoms with Crippen LogP contribution in [-0.4, -0.2) is 82.2 Å². The predicted molar refractivity (Wildman–Crippen MR) is 112 cm³/mol. The fourth-order valence-electron chi connectivity index (χ4n) is 3.13. The number of carbonyl (C=O) groups excluding carboxylic acids is 2. The minimum Gasteiger partial charge on any atom is -0.452 e. The molecule has 2 rings (SSSR count). The Hall–Kier alpha value is -1.69. The standard InChI is InChI=1S/C18H25ClN2O7S2/c1-4-21(5-2)30(26,27)16-10-13(6-7-15(16)19)18(23)28-11-17(22)20(3)14-8-9-29(24,25)12-14/h6-7,10,14H,4-5,8-9,11-12H2,1-3H3. The highest BCUT2D eigenvalue weighted by Crippen LogP contribution is 2.26. The maximum Gasteiger partial charge on any atom is 0.338 e. The fourth-order valence-corrected chi connectivity index (χ4v) is 6.86. The highest BCUT2D eigenvalue weighted by atomic mass is 35.5. The van der Waals surface area contributed by atoms with Crippen LogP contribution in [0.15, 0.2) is 23.1 Å². The summed E-state index contributed by atoms with van der Waals surface area (Å²) >= 11 is 6.04. The minimum absolute atomic E-state index is 0.0175. The van der Waals surface area contributed by atoms with Gasteiger partial charge in [0.25, 0.3) is 5.91 Å². The van der Waals surface area contributed by atoms with Crippen molar-refractivity contribution >= 4 is 43.3 Å². The minimum atomic E-state index is -3.89. The number of ether oxygens (including phenoxy) is 1. The highest BCUT2D eigenvalue weighted by Gasteiger charge is 2.33. The number of esters is 1. The van der Waals surface area contributed by atoms with Crippen LogP contribution in [-0.2, 0) is 29.4 Å². The molecule has 0 aromatic heterocycles. The van der Waals surface area contributed by atoms with Gasteiger partial charge in [-0.3, -0.25) is 4.79 Å². The number of likely N-dealkylation sites (N-methyl/N-ethyl adjacent to an activating group) is 1. The molecule has 168 valence electrons. The van der Waals surface area contributed by atoms with E-state index in [-0.39, 0.29) is 40.1 Å². The van der Waals surface area contributed by atoms with E-state index >= 15 is 0 Å². The Morgan fingerprint density at radius 3 is 2.40 bits per heavy atom. The van der Waals surface area contributed by atoms with Crippen LogP contribution < -0.4 is 0 Å². The van der Waals surface area contributed by atoms with E-state index in [4.69, 9.17) is 16.3 Å². The average Bonchev–Trinajstić information content (AvgIpc) is 3.05. The van der Waals surface area contributed by atoms with Crippen LogP contribution in [0.1, 0.15) is 30.6 Å². The monoisotopic (exact) mass is 480 g/mol. The average molecular weight is 481 g/mol. The molecule has 1 fully saturated rings. The number of carbonyl (C=O) groups is 2. The molecule has 0 N–H and O–H groups in total. The van der Waals surface area contributed by atoms with Crippen LogP contribution in [0.25, 0.3) is 0 Å². The van der Waals surface area contributed by atoms with Crippen molar-refractivity contribution < 1.29 is 31.2 Å². The summed E-state index contributed by atoms with van der Waals surface area (Å²) in [5.41, 5.74) is -0.0657. The van der Waals surface area contributed by atoms with Gasteiger partial charge in [-0.1, -0.05) is 25.4 Å². The smallest absolute Gasteiger partial charge is 0.338 e. The molecule has 1 aliphatic heterocycles. The molecule has 30 heavy (non-hydrogen) atoms. The maximum atomic E-state index is 12.7. The predicted octanol–water partition coefficient (Wildman–Crippen LogP) is 1.17. The van der Waals surface area contributed by atoms with Gasteiger partial charge in [0, 0.05) is 26.2 Å². The molecular weight excluding hydrogens is 456 g/mol. The first-order valence-corrected chi connectivity index (χ1v) is 13.0. The van der Waals surface area contributed by atoms with Crippen LogP contribution in [0, 0.1) is 0 Å². The third kappa shape index (κ3) is 5.51. The molecule has 0 spiro atoms. The van der Waals surface area contributed by atoms with E-state index in [2.05, 4.69) is 0 Å². The van der Waals surface area contributed by atoms with Gasteiger partial charge in [-0.15, -0.1) is 0 Å². The molecule has 1 saturated heterocycles. The Morgan fingerprint density at radius 1 is 1.23 bits per heavy atom. The number of hydrogen-bond donors (Lipinski definition) is 0. The number of halogens is 1. The van der Waals surface area contributed by atoms with E-state index in [1.54, 1.807) is 13.8 Å². The Bertz CT molecular complexity index is 1020. The van der Waals surface area contributed by atoms with Crippen molar-refractivity contribution in [3.05, 3.63) is 28.8 Å². The van der Waals surface area contributed by atoms with E-state index in [0.29, 0.717) is 6.42 Å². The summed E-state index contributed by atoms with van der Waals surface area (Å²) in [6.07, 6.45) is 0.336. The van der Waals surface area contributed by atoms with E-state index in [0.717, 1.165) is 6.07 Å². The van der Waals surface area contributed by atoms with Gasteiger partial charge in [0.2, 0.25) is 10.0 Å². The number of sulfonamides is 1. The lowest BCUT2D eigenvalue weighted by molar-refractivity contribution is -0.134. The number of amides is 1. The quantitative estimate of drug-likeness (QED) is 0.512. The Morgan fingerprint density at radius 2 is 1.87 bits per heavy atom. The lowest BCUT2D eigenvalue weighted by atomic mass is 10.2. The first kappa shape index (κ1) is 24.6. The summed E-state index contributed by atoms with van der Waals surface area (Å²) in [5, 5.41) is -0.0308. The van der Waals surface area contributed by atoms with Crippen molar-refractivity contribution in [2.45, 2.75) is 31.2 Å². The molecule has 1 amide bonds. The number of nitrogens with zero attached hydrogens (tertiary/aromatic N) is 2. The zero-order valence-electron chi connectivity index (χ0n) is 17.0. The summed E-state index contributed by atoms with van der Waals surface area (Å²) < 4.78 is 54.8. The molecular formula is C18H25ClN2O7S2. The fraction of sp³-hybridized carbons (Fsp3) is 0.556. The molecule has 1 aromatic rings. The van der Waals surface area contributed by atoms with E-state index in [1.165, 1.54) is 28.4 Å². The van der Waals surface area contributed by atoms with Gasteiger partial charge in [0.05, 0.1) is 22.1 Å². The van der Waals surface area contributed by atoms with Crippen LogP contribution >= 0.6 is 11.6 Å². The zero-order chi connectivity index (χ0) is 22.7. The summed E-state index contributed by atoms with van der Waals surface area (Å²) in [6, 6.07) is 3.26. The van der Waals surface area contributed by atoms with Crippen LogP contribution in [0.5, 0.6) is 0 Å². The largest absolute Gasteiger partial charge is 0.452 e. The Balaban J connectivity index is 2.10. The maximum absolute atomic E-state index is 12.7. The molecule has 0 radical (unpaired) electrons. The third-order valence-corrected chi connectivity index (χ3v) is 9.25. The molecule has 1 heterocycles. The topological polar surface area (TPSA) is 118 Å². The molecule has 1 atom stereocenters. The van der Waals surface area contributed by atoms with Crippen LogP contribution in [0.2, 0.25) is 5.02 Å². The summed E-state index contributed by atoms with van der Waals surface area (Å²) in [7, 11) is -5.59. The van der Waals surface area contributed by atoms with Crippen molar-refractivity contribution in [2.75, 3.05) is 38.2 Å². The van der Waals surface area contributed by atoms with Crippen LogP contribution in [0.4, 0.5) is 0 Å². The summed E-state index contributed by atoms with van der Waals surface area (Å²) in [5.74, 6) is -1.53. The number of rotatable bonds is 8. The van der Waals surface area contributed by atoms with Gasteiger partial charge in [0.1, 0.15) is 4.90 Å². The van der Waals surface area contributed by atoms with Crippen molar-refractivity contribution in [3.63, 3.8) is 0 Å². The number of benzene rings is 1. The molecule has 1 aromatic carbocycles. The lowest BCUT2D eigenvalue weighted by Crippen LogP contribution is -2.40. The van der Waals surface area contributed by atoms with Crippen molar-refractivity contribution in [1.82, 2.24) is 9.21 Å². The first-order valence-electron chi connectivity index (χ1n) is 9.35. The van der Waals surface area contributed by atoms with Gasteiger partial charge in [-0.2, -0.15) is 4.31 Å². The molecule has 1 aliphatic rings. The van der Waals surface area contributed by atoms with E-state index < -0.39 is 44.4 Å². The summed E-state index contributed by atoms with van der Waals surface area (Å²) in [4.78, 5) is 25.6. The van der Waals surface area contributed by atoms with E-state index in [9.17, 15) is 26.4 Å². The second-order valence-corrected chi connectivity index (χ2v) is 11.4. The normalized spacial score (nSPS) is 18.4. The molecule has 12 heteroatoms. The van der Waals surface area contributed by atoms with E-state index in [1.807, 2.05) is 0 Å². The van der Waals surface area contributed by atoms with Crippen molar-refractivity contribution in [1.29, 1.82) is 0 Å². The molecule has 0 aliphatic carbocycles. The lowest BCUT2D eigenvalue weighted by Gasteiger charge is -2.23. The first-order chi connectivity index (χ1) is 13.9. The van der Waals surface area contributed by atoms with Gasteiger partial charge < -0.3 is 9.64 Å². The van der Waals surface area contributed by atoms with Gasteiger partial charge in [-0.25, -0.2) is 21.6 Å². The van der Waals surface area contributed by atoms with Gasteiger partial charge in [-0.05, 0) is 24.6 Å². The molecule has 1 unspecified atom stereocenters. The zero-order valence-corrected chi connectivity index (χ0v) is 19.4. The Labute approximate surface area is 181 Å². The Kier molecular flexibility index (Phi) is 7.89. The van der Waals surface area contributed by atoms with Crippen LogP contribution in [0.3, 0.4) is 0 Å². The number of sulfone groups is 1. The second-order valence-electron chi connectivity index (χ2n) is 6.87. The highest BCUT2D eigenvalue weighted by molar-refractivity contribution is 7.91. The second kappa shape index (κ2) is 9.63. The molecule has 0 saturated carbocycles.